The molecule has 1 unspecified atom stereocenters. The lowest BCUT2D eigenvalue weighted by atomic mass is 10.2. The second kappa shape index (κ2) is 5.82. The summed E-state index contributed by atoms with van der Waals surface area (Å²) in [7, 11) is 1.85. The van der Waals surface area contributed by atoms with Crippen LogP contribution < -0.4 is 16.2 Å². The molecule has 17 heavy (non-hydrogen) atoms. The van der Waals surface area contributed by atoms with Gasteiger partial charge in [-0.2, -0.15) is 0 Å². The zero-order valence-electron chi connectivity index (χ0n) is 11.1. The molecule has 1 rings (SSSR count). The number of hydrogen-bond acceptors (Lipinski definition) is 4. The van der Waals surface area contributed by atoms with Gasteiger partial charge in [0.1, 0.15) is 0 Å². The molecule has 0 aliphatic rings. The molecule has 0 radical (unpaired) electrons. The van der Waals surface area contributed by atoms with Gasteiger partial charge < -0.3 is 15.2 Å². The van der Waals surface area contributed by atoms with Crippen molar-refractivity contribution < 1.29 is 0 Å². The summed E-state index contributed by atoms with van der Waals surface area (Å²) in [5, 5.41) is 0. The predicted molar refractivity (Wildman–Crippen MR) is 70.3 cm³/mol. The molecular weight excluding hydrogens is 216 g/mol. The fourth-order valence-electron chi connectivity index (χ4n) is 1.58. The van der Waals surface area contributed by atoms with Crippen LogP contribution in [0.25, 0.3) is 0 Å². The fraction of sp³-hybridized carbons (Fsp3) is 0.667. The summed E-state index contributed by atoms with van der Waals surface area (Å²) in [5.74, 6) is 0.895. The number of likely N-dealkylation sites (N-methyl/N-ethyl adjacent to an activating group) is 1. The Labute approximate surface area is 102 Å². The van der Waals surface area contributed by atoms with E-state index in [9.17, 15) is 4.79 Å². The highest BCUT2D eigenvalue weighted by molar-refractivity contribution is 5.35. The van der Waals surface area contributed by atoms with Crippen LogP contribution in [0.15, 0.2) is 17.2 Å². The molecule has 1 aromatic heterocycles. The van der Waals surface area contributed by atoms with Crippen molar-refractivity contribution in [1.29, 1.82) is 0 Å². The average Bonchev–Trinajstić information content (AvgIpc) is 2.29. The molecule has 0 saturated heterocycles. The minimum Gasteiger partial charge on any atom is -0.351 e. The maximum absolute atomic E-state index is 12.2. The molecule has 0 amide bonds. The Morgan fingerprint density at radius 1 is 1.47 bits per heavy atom. The van der Waals surface area contributed by atoms with E-state index >= 15 is 0 Å². The lowest BCUT2D eigenvalue weighted by Crippen LogP contribution is -2.40. The zero-order chi connectivity index (χ0) is 13.0. The molecule has 1 heterocycles. The normalized spacial score (nSPS) is 12.8. The number of anilines is 1. The summed E-state index contributed by atoms with van der Waals surface area (Å²) in [6.45, 7) is 7.34. The van der Waals surface area contributed by atoms with E-state index in [2.05, 4.69) is 18.8 Å². The van der Waals surface area contributed by atoms with Crippen molar-refractivity contribution in [2.45, 2.75) is 33.4 Å². The first-order chi connectivity index (χ1) is 7.97. The van der Waals surface area contributed by atoms with Crippen LogP contribution in [-0.2, 0) is 6.54 Å². The third kappa shape index (κ3) is 3.30. The Morgan fingerprint density at radius 3 is 2.65 bits per heavy atom. The highest BCUT2D eigenvalue weighted by atomic mass is 16.1. The van der Waals surface area contributed by atoms with E-state index in [1.807, 2.05) is 18.9 Å². The van der Waals surface area contributed by atoms with Crippen molar-refractivity contribution in [3.63, 3.8) is 0 Å². The van der Waals surface area contributed by atoms with Crippen LogP contribution in [0.5, 0.6) is 0 Å². The molecule has 0 aliphatic heterocycles. The van der Waals surface area contributed by atoms with Gasteiger partial charge in [0, 0.05) is 38.6 Å². The first kappa shape index (κ1) is 13.7. The minimum absolute atomic E-state index is 0.0519. The van der Waals surface area contributed by atoms with E-state index < -0.39 is 0 Å². The number of aromatic nitrogens is 2. The van der Waals surface area contributed by atoms with Gasteiger partial charge in [-0.3, -0.25) is 4.79 Å². The Bertz CT molecular complexity index is 413. The average molecular weight is 238 g/mol. The molecule has 0 spiro atoms. The summed E-state index contributed by atoms with van der Waals surface area (Å²) < 4.78 is 1.70. The van der Waals surface area contributed by atoms with Crippen molar-refractivity contribution >= 4 is 5.82 Å². The molecule has 5 nitrogen and oxygen atoms in total. The van der Waals surface area contributed by atoms with Crippen LogP contribution in [0.2, 0.25) is 0 Å². The van der Waals surface area contributed by atoms with Gasteiger partial charge in [-0.15, -0.1) is 0 Å². The Balaban J connectivity index is 3.06. The van der Waals surface area contributed by atoms with Crippen LogP contribution in [0, 0.1) is 5.92 Å². The molecule has 0 aromatic carbocycles. The first-order valence-electron chi connectivity index (χ1n) is 5.95. The number of rotatable bonds is 5. The second-order valence-electron chi connectivity index (χ2n) is 4.80. The summed E-state index contributed by atoms with van der Waals surface area (Å²) in [4.78, 5) is 18.2. The van der Waals surface area contributed by atoms with E-state index in [-0.39, 0.29) is 11.6 Å². The van der Waals surface area contributed by atoms with E-state index in [1.54, 1.807) is 17.0 Å². The van der Waals surface area contributed by atoms with Crippen LogP contribution in [0.3, 0.4) is 0 Å². The summed E-state index contributed by atoms with van der Waals surface area (Å²) in [6, 6.07) is 0.102. The molecule has 1 aromatic rings. The number of hydrogen-bond donors (Lipinski definition) is 1. The molecule has 1 atom stereocenters. The van der Waals surface area contributed by atoms with Crippen molar-refractivity contribution in [2.24, 2.45) is 11.7 Å². The maximum Gasteiger partial charge on any atom is 0.293 e. The van der Waals surface area contributed by atoms with Crippen LogP contribution >= 0.6 is 0 Å². The van der Waals surface area contributed by atoms with Crippen molar-refractivity contribution in [3.8, 4) is 0 Å². The zero-order valence-corrected chi connectivity index (χ0v) is 11.1. The minimum atomic E-state index is -0.0519. The highest BCUT2D eigenvalue weighted by Crippen LogP contribution is 2.05. The first-order valence-corrected chi connectivity index (χ1v) is 5.95. The quantitative estimate of drug-likeness (QED) is 0.819. The monoisotopic (exact) mass is 238 g/mol. The van der Waals surface area contributed by atoms with Gasteiger partial charge in [0.2, 0.25) is 0 Å². The summed E-state index contributed by atoms with van der Waals surface area (Å²) in [6.07, 6.45) is 3.39. The smallest absolute Gasteiger partial charge is 0.293 e. The van der Waals surface area contributed by atoms with Crippen molar-refractivity contribution in [1.82, 2.24) is 9.55 Å². The molecule has 96 valence electrons. The van der Waals surface area contributed by atoms with Gasteiger partial charge in [0.15, 0.2) is 5.82 Å². The SMILES string of the molecule is CC(C)Cn1ccnc(N(C)C(C)CN)c1=O. The third-order valence-corrected chi connectivity index (χ3v) is 2.79. The fourth-order valence-corrected chi connectivity index (χ4v) is 1.58. The van der Waals surface area contributed by atoms with Crippen LogP contribution in [0.4, 0.5) is 5.82 Å². The maximum atomic E-state index is 12.2. The van der Waals surface area contributed by atoms with Gasteiger partial charge in [-0.25, -0.2) is 4.98 Å². The largest absolute Gasteiger partial charge is 0.351 e. The molecule has 0 bridgehead atoms. The lowest BCUT2D eigenvalue weighted by molar-refractivity contribution is 0.507. The lowest BCUT2D eigenvalue weighted by Gasteiger charge is -2.24. The van der Waals surface area contributed by atoms with E-state index in [1.165, 1.54) is 0 Å². The van der Waals surface area contributed by atoms with Crippen LogP contribution in [-0.4, -0.2) is 29.2 Å². The summed E-state index contributed by atoms with van der Waals surface area (Å²) >= 11 is 0. The molecule has 5 heteroatoms. The Kier molecular flexibility index (Phi) is 4.69. The predicted octanol–water partition coefficient (Wildman–Crippen LogP) is 0.683. The highest BCUT2D eigenvalue weighted by Gasteiger charge is 2.14. The van der Waals surface area contributed by atoms with Gasteiger partial charge in [0.25, 0.3) is 5.56 Å². The molecular formula is C12H22N4O. The number of nitrogens with two attached hydrogens (primary N) is 1. The summed E-state index contributed by atoms with van der Waals surface area (Å²) in [5.41, 5.74) is 5.55. The molecule has 2 N–H and O–H groups in total. The third-order valence-electron chi connectivity index (χ3n) is 2.79. The molecule has 0 aliphatic carbocycles. The van der Waals surface area contributed by atoms with Gasteiger partial charge in [0.05, 0.1) is 0 Å². The van der Waals surface area contributed by atoms with E-state index in [0.717, 1.165) is 0 Å². The van der Waals surface area contributed by atoms with E-state index in [4.69, 9.17) is 5.73 Å². The second-order valence-corrected chi connectivity index (χ2v) is 4.80. The van der Waals surface area contributed by atoms with Gasteiger partial charge >= 0.3 is 0 Å². The Morgan fingerprint density at radius 2 is 2.12 bits per heavy atom. The van der Waals surface area contributed by atoms with Crippen molar-refractivity contribution in [2.75, 3.05) is 18.5 Å². The standard InChI is InChI=1S/C12H22N4O/c1-9(2)8-16-6-5-14-11(12(16)17)15(4)10(3)7-13/h5-6,9-10H,7-8,13H2,1-4H3. The Hall–Kier alpha value is -1.36. The molecule has 0 saturated carbocycles. The van der Waals surface area contributed by atoms with Crippen LogP contribution in [0.1, 0.15) is 20.8 Å². The molecule has 0 fully saturated rings. The topological polar surface area (TPSA) is 64.2 Å². The van der Waals surface area contributed by atoms with Gasteiger partial charge in [-0.05, 0) is 12.8 Å². The number of nitrogens with zero attached hydrogens (tertiary/aromatic N) is 3. The van der Waals surface area contributed by atoms with Gasteiger partial charge in [-0.1, -0.05) is 13.8 Å². The van der Waals surface area contributed by atoms with E-state index in [0.29, 0.717) is 24.8 Å². The van der Waals surface area contributed by atoms with Crippen molar-refractivity contribution in [3.05, 3.63) is 22.7 Å².